The van der Waals surface area contributed by atoms with Crippen molar-refractivity contribution in [1.29, 1.82) is 0 Å². The van der Waals surface area contributed by atoms with Crippen LogP contribution in [-0.4, -0.2) is 33.2 Å². The molecule has 0 spiro atoms. The summed E-state index contributed by atoms with van der Waals surface area (Å²) in [5, 5.41) is 10.8. The molecule has 0 aliphatic heterocycles. The number of carbonyl (C=O) groups is 2. The van der Waals surface area contributed by atoms with Gasteiger partial charge in [-0.3, -0.25) is 4.79 Å². The van der Waals surface area contributed by atoms with Crippen molar-refractivity contribution in [2.45, 2.75) is 53.5 Å². The Morgan fingerprint density at radius 3 is 2.18 bits per heavy atom. The van der Waals surface area contributed by atoms with E-state index in [-0.39, 0.29) is 30.4 Å². The van der Waals surface area contributed by atoms with Crippen molar-refractivity contribution in [2.75, 3.05) is 17.2 Å². The number of nitrogens with one attached hydrogen (secondary N) is 2. The average Bonchev–Trinajstić information content (AvgIpc) is 3.31. The van der Waals surface area contributed by atoms with E-state index in [2.05, 4.69) is 31.4 Å². The molecule has 4 aromatic rings. The number of amides is 3. The van der Waals surface area contributed by atoms with Crippen LogP contribution in [0.2, 0.25) is 0 Å². The molecule has 0 aliphatic rings. The van der Waals surface area contributed by atoms with Crippen molar-refractivity contribution in [3.8, 4) is 5.69 Å². The van der Waals surface area contributed by atoms with Gasteiger partial charge in [-0.05, 0) is 61.7 Å². The minimum absolute atomic E-state index is 0.129. The third kappa shape index (κ3) is 7.13. The van der Waals surface area contributed by atoms with Crippen molar-refractivity contribution in [3.05, 3.63) is 107 Å². The number of nitrogens with zero attached hydrogens (tertiary/aromatic N) is 3. The molecule has 0 saturated carbocycles. The average molecular weight is 524 g/mol. The van der Waals surface area contributed by atoms with Crippen LogP contribution in [0.15, 0.2) is 78.9 Å². The highest BCUT2D eigenvalue weighted by Crippen LogP contribution is 2.26. The number of urea groups is 1. The van der Waals surface area contributed by atoms with E-state index >= 15 is 0 Å². The van der Waals surface area contributed by atoms with Crippen molar-refractivity contribution in [3.63, 3.8) is 0 Å². The van der Waals surface area contributed by atoms with Gasteiger partial charge in [0.2, 0.25) is 5.91 Å². The monoisotopic (exact) mass is 523 g/mol. The minimum Gasteiger partial charge on any atom is -0.311 e. The molecule has 2 N–H and O–H groups in total. The molecule has 202 valence electrons. The highest BCUT2D eigenvalue weighted by Gasteiger charge is 2.23. The molecular formula is C32H37N5O2. The highest BCUT2D eigenvalue weighted by molar-refractivity contribution is 5.96. The van der Waals surface area contributed by atoms with Crippen LogP contribution in [0, 0.1) is 20.8 Å². The standard InChI is InChI=1S/C32H37N5O2/c1-22-12-16-27(17-13-22)37-29(19-28(35-37)32(4,5)6)34-30(38)21-36(20-25-10-8-7-9-11-25)31(39)33-26-15-14-23(2)24(3)18-26/h7-19H,20-21H2,1-6H3,(H,33,39)(H,34,38). The summed E-state index contributed by atoms with van der Waals surface area (Å²) in [6, 6.07) is 24.9. The second-order valence-electron chi connectivity index (χ2n) is 11.0. The highest BCUT2D eigenvalue weighted by atomic mass is 16.2. The Bertz CT molecular complexity index is 1450. The van der Waals surface area contributed by atoms with Crippen LogP contribution in [0.25, 0.3) is 5.69 Å². The summed E-state index contributed by atoms with van der Waals surface area (Å²) in [6.07, 6.45) is 0. The maximum absolute atomic E-state index is 13.4. The molecule has 7 heteroatoms. The first kappa shape index (κ1) is 27.6. The van der Waals surface area contributed by atoms with E-state index in [9.17, 15) is 9.59 Å². The zero-order valence-corrected chi connectivity index (χ0v) is 23.6. The Morgan fingerprint density at radius 2 is 1.54 bits per heavy atom. The Balaban J connectivity index is 1.58. The van der Waals surface area contributed by atoms with Crippen molar-refractivity contribution >= 4 is 23.4 Å². The zero-order valence-electron chi connectivity index (χ0n) is 23.6. The predicted octanol–water partition coefficient (Wildman–Crippen LogP) is 6.77. The quantitative estimate of drug-likeness (QED) is 0.281. The molecule has 0 unspecified atom stereocenters. The lowest BCUT2D eigenvalue weighted by Gasteiger charge is -2.23. The van der Waals surface area contributed by atoms with E-state index in [1.807, 2.05) is 99.6 Å². The number of aromatic nitrogens is 2. The molecule has 0 saturated heterocycles. The van der Waals surface area contributed by atoms with E-state index in [4.69, 9.17) is 5.10 Å². The molecule has 3 amide bonds. The van der Waals surface area contributed by atoms with Gasteiger partial charge in [-0.2, -0.15) is 5.10 Å². The van der Waals surface area contributed by atoms with E-state index in [0.717, 1.165) is 33.6 Å². The van der Waals surface area contributed by atoms with Gasteiger partial charge in [-0.25, -0.2) is 9.48 Å². The molecule has 1 heterocycles. The lowest BCUT2D eigenvalue weighted by molar-refractivity contribution is -0.116. The molecule has 0 aliphatic carbocycles. The van der Waals surface area contributed by atoms with Crippen LogP contribution in [0.3, 0.4) is 0 Å². The summed E-state index contributed by atoms with van der Waals surface area (Å²) in [6.45, 7) is 12.5. The first-order chi connectivity index (χ1) is 18.5. The largest absolute Gasteiger partial charge is 0.322 e. The summed E-state index contributed by atoms with van der Waals surface area (Å²) < 4.78 is 1.74. The third-order valence-corrected chi connectivity index (χ3v) is 6.62. The molecule has 7 nitrogen and oxygen atoms in total. The van der Waals surface area contributed by atoms with Gasteiger partial charge < -0.3 is 15.5 Å². The Hall–Kier alpha value is -4.39. The van der Waals surface area contributed by atoms with Crippen LogP contribution >= 0.6 is 0 Å². The van der Waals surface area contributed by atoms with E-state index in [1.165, 1.54) is 4.90 Å². The Kier molecular flexibility index (Phi) is 8.19. The van der Waals surface area contributed by atoms with Gasteiger partial charge in [0.1, 0.15) is 12.4 Å². The second-order valence-corrected chi connectivity index (χ2v) is 11.0. The van der Waals surface area contributed by atoms with Crippen molar-refractivity contribution in [2.24, 2.45) is 0 Å². The smallest absolute Gasteiger partial charge is 0.311 e. The molecule has 39 heavy (non-hydrogen) atoms. The molecule has 0 bridgehead atoms. The maximum Gasteiger partial charge on any atom is 0.322 e. The summed E-state index contributed by atoms with van der Waals surface area (Å²) in [5.74, 6) is 0.248. The number of carbonyl (C=O) groups excluding carboxylic acids is 2. The van der Waals surface area contributed by atoms with Gasteiger partial charge in [0.05, 0.1) is 11.4 Å². The number of aryl methyl sites for hydroxylation is 3. The minimum atomic E-state index is -0.348. The summed E-state index contributed by atoms with van der Waals surface area (Å²) in [5.41, 5.74) is 6.48. The number of hydrogen-bond donors (Lipinski definition) is 2. The molecule has 1 aromatic heterocycles. The zero-order chi connectivity index (χ0) is 28.2. The van der Waals surface area contributed by atoms with Crippen LogP contribution in [0.4, 0.5) is 16.3 Å². The SMILES string of the molecule is Cc1ccc(-n2nc(C(C)(C)C)cc2NC(=O)CN(Cc2ccccc2)C(=O)Nc2ccc(C)c(C)c2)cc1. The summed E-state index contributed by atoms with van der Waals surface area (Å²) in [4.78, 5) is 28.3. The van der Waals surface area contributed by atoms with Gasteiger partial charge in [0, 0.05) is 23.7 Å². The molecule has 4 rings (SSSR count). The first-order valence-electron chi connectivity index (χ1n) is 13.1. The normalized spacial score (nSPS) is 11.2. The lowest BCUT2D eigenvalue weighted by atomic mass is 9.92. The molecule has 3 aromatic carbocycles. The van der Waals surface area contributed by atoms with Crippen molar-refractivity contribution < 1.29 is 9.59 Å². The number of benzene rings is 3. The number of rotatable bonds is 7. The lowest BCUT2D eigenvalue weighted by Crippen LogP contribution is -2.40. The van der Waals surface area contributed by atoms with Gasteiger partial charge in [0.15, 0.2) is 0 Å². The van der Waals surface area contributed by atoms with E-state index < -0.39 is 0 Å². The van der Waals surface area contributed by atoms with Crippen molar-refractivity contribution in [1.82, 2.24) is 14.7 Å². The molecule has 0 fully saturated rings. The molecular weight excluding hydrogens is 486 g/mol. The number of hydrogen-bond acceptors (Lipinski definition) is 3. The summed E-state index contributed by atoms with van der Waals surface area (Å²) >= 11 is 0. The van der Waals surface area contributed by atoms with Gasteiger partial charge in [-0.1, -0.05) is 74.9 Å². The van der Waals surface area contributed by atoms with Crippen LogP contribution < -0.4 is 10.6 Å². The van der Waals surface area contributed by atoms with Crippen LogP contribution in [0.1, 0.15) is 48.7 Å². The summed E-state index contributed by atoms with van der Waals surface area (Å²) in [7, 11) is 0. The fourth-order valence-electron chi connectivity index (χ4n) is 4.10. The first-order valence-corrected chi connectivity index (χ1v) is 13.1. The van der Waals surface area contributed by atoms with Gasteiger partial charge in [-0.15, -0.1) is 0 Å². The fraction of sp³-hybridized carbons (Fsp3) is 0.281. The van der Waals surface area contributed by atoms with E-state index in [0.29, 0.717) is 11.5 Å². The topological polar surface area (TPSA) is 79.3 Å². The third-order valence-electron chi connectivity index (χ3n) is 6.62. The van der Waals surface area contributed by atoms with Crippen LogP contribution in [0.5, 0.6) is 0 Å². The maximum atomic E-state index is 13.4. The van der Waals surface area contributed by atoms with Gasteiger partial charge in [0.25, 0.3) is 0 Å². The molecule has 0 atom stereocenters. The Morgan fingerprint density at radius 1 is 0.846 bits per heavy atom. The fourth-order valence-corrected chi connectivity index (χ4v) is 4.10. The van der Waals surface area contributed by atoms with E-state index in [1.54, 1.807) is 4.68 Å². The second kappa shape index (κ2) is 11.6. The predicted molar refractivity (Wildman–Crippen MR) is 157 cm³/mol. The number of anilines is 2. The molecule has 0 radical (unpaired) electrons. The Labute approximate surface area is 230 Å². The van der Waals surface area contributed by atoms with Crippen LogP contribution in [-0.2, 0) is 16.8 Å². The van der Waals surface area contributed by atoms with Gasteiger partial charge >= 0.3 is 6.03 Å².